The number of fused-ring (bicyclic) bond motifs is 2. The first-order valence-corrected chi connectivity index (χ1v) is 8.20. The van der Waals surface area contributed by atoms with Crippen LogP contribution in [0.3, 0.4) is 0 Å². The van der Waals surface area contributed by atoms with Gasteiger partial charge in [-0.25, -0.2) is 0 Å². The lowest BCUT2D eigenvalue weighted by Crippen LogP contribution is -2.42. The fraction of sp³-hybridized carbons (Fsp3) is 0.667. The van der Waals surface area contributed by atoms with Crippen LogP contribution in [0.25, 0.3) is 0 Å². The van der Waals surface area contributed by atoms with Crippen LogP contribution >= 0.6 is 11.8 Å². The van der Waals surface area contributed by atoms with Gasteiger partial charge < -0.3 is 5.32 Å². The highest BCUT2D eigenvalue weighted by Crippen LogP contribution is 2.57. The van der Waals surface area contributed by atoms with E-state index in [-0.39, 0.29) is 5.41 Å². The van der Waals surface area contributed by atoms with Crippen molar-refractivity contribution < 1.29 is 0 Å². The van der Waals surface area contributed by atoms with Crippen molar-refractivity contribution in [1.29, 1.82) is 5.26 Å². The van der Waals surface area contributed by atoms with Crippen LogP contribution < -0.4 is 5.32 Å². The summed E-state index contributed by atoms with van der Waals surface area (Å²) in [7, 11) is 0. The topological polar surface area (TPSA) is 35.8 Å². The zero-order valence-corrected chi connectivity index (χ0v) is 11.8. The van der Waals surface area contributed by atoms with Crippen molar-refractivity contribution in [3.63, 3.8) is 0 Å². The smallest absolute Gasteiger partial charge is 0.0980 e. The summed E-state index contributed by atoms with van der Waals surface area (Å²) in [6, 6.07) is 2.55. The molecule has 1 heterocycles. The minimum Gasteiger partial charge on any atom is -0.353 e. The molecule has 1 atom stereocenters. The van der Waals surface area contributed by atoms with E-state index in [1.54, 1.807) is 11.8 Å². The zero-order chi connectivity index (χ0) is 12.6. The molecule has 0 amide bonds. The van der Waals surface area contributed by atoms with Crippen LogP contribution in [0.2, 0.25) is 0 Å². The third-order valence-corrected chi connectivity index (χ3v) is 5.62. The van der Waals surface area contributed by atoms with Crippen LogP contribution in [0, 0.1) is 22.7 Å². The Labute approximate surface area is 114 Å². The van der Waals surface area contributed by atoms with Gasteiger partial charge in [0.1, 0.15) is 0 Å². The summed E-state index contributed by atoms with van der Waals surface area (Å²) in [4.78, 5) is 0. The van der Waals surface area contributed by atoms with E-state index in [2.05, 4.69) is 23.7 Å². The first-order chi connectivity index (χ1) is 8.81. The van der Waals surface area contributed by atoms with Crippen molar-refractivity contribution in [3.8, 4) is 6.07 Å². The van der Waals surface area contributed by atoms with Crippen LogP contribution in [0.15, 0.2) is 22.4 Å². The molecule has 1 spiro atoms. The second-order valence-corrected chi connectivity index (χ2v) is 6.47. The third-order valence-electron chi connectivity index (χ3n) is 4.91. The summed E-state index contributed by atoms with van der Waals surface area (Å²) < 4.78 is 0. The summed E-state index contributed by atoms with van der Waals surface area (Å²) >= 11 is 1.70. The highest BCUT2D eigenvalue weighted by Gasteiger charge is 2.49. The quantitative estimate of drug-likeness (QED) is 0.776. The van der Waals surface area contributed by atoms with Gasteiger partial charge in [-0.15, -0.1) is 11.8 Å². The lowest BCUT2D eigenvalue weighted by Gasteiger charge is -2.47. The summed E-state index contributed by atoms with van der Waals surface area (Å²) in [5.74, 6) is 0.586. The van der Waals surface area contributed by atoms with Crippen molar-refractivity contribution in [2.45, 2.75) is 44.9 Å². The molecule has 1 N–H and O–H groups in total. The predicted molar refractivity (Wildman–Crippen MR) is 75.6 cm³/mol. The molecule has 2 aliphatic carbocycles. The molecule has 1 fully saturated rings. The number of thioether (sulfide) groups is 1. The van der Waals surface area contributed by atoms with E-state index >= 15 is 0 Å². The molecule has 0 aromatic carbocycles. The van der Waals surface area contributed by atoms with Gasteiger partial charge in [0.05, 0.1) is 16.7 Å². The molecule has 1 aliphatic heterocycles. The summed E-state index contributed by atoms with van der Waals surface area (Å²) in [6.45, 7) is 0. The van der Waals surface area contributed by atoms with E-state index in [1.807, 2.05) is 0 Å². The molecule has 1 saturated carbocycles. The van der Waals surface area contributed by atoms with Gasteiger partial charge >= 0.3 is 0 Å². The van der Waals surface area contributed by atoms with Gasteiger partial charge in [0.15, 0.2) is 0 Å². The maximum Gasteiger partial charge on any atom is 0.0980 e. The lowest BCUT2D eigenvalue weighted by molar-refractivity contribution is 0.157. The SMILES string of the molecule is CSC1=C(C#N)C2(CCCCC2)C2CCC=C2N1. The van der Waals surface area contributed by atoms with E-state index < -0.39 is 0 Å². The minimum absolute atomic E-state index is 0.166. The van der Waals surface area contributed by atoms with Gasteiger partial charge in [-0.3, -0.25) is 0 Å². The molecule has 0 bridgehead atoms. The molecule has 96 valence electrons. The molecule has 0 radical (unpaired) electrons. The Balaban J connectivity index is 2.10. The molecule has 0 aromatic rings. The van der Waals surface area contributed by atoms with Gasteiger partial charge in [-0.05, 0) is 31.9 Å². The standard InChI is InChI=1S/C15H20N2S/c1-18-14-12(10-16)15(8-3-2-4-9-15)11-6-5-7-13(11)17-14/h7,11,17H,2-6,8-9H2,1H3. The van der Waals surface area contributed by atoms with Gasteiger partial charge in [-0.2, -0.15) is 5.26 Å². The molecule has 3 rings (SSSR count). The Morgan fingerprint density at radius 1 is 1.39 bits per heavy atom. The Bertz CT molecular complexity index is 450. The number of nitrogens with zero attached hydrogens (tertiary/aromatic N) is 1. The average Bonchev–Trinajstić information content (AvgIpc) is 2.88. The van der Waals surface area contributed by atoms with E-state index in [9.17, 15) is 5.26 Å². The van der Waals surface area contributed by atoms with Crippen LogP contribution in [-0.2, 0) is 0 Å². The highest BCUT2D eigenvalue weighted by molar-refractivity contribution is 8.02. The molecule has 18 heavy (non-hydrogen) atoms. The number of rotatable bonds is 1. The molecule has 3 aliphatic rings. The number of hydrogen-bond donors (Lipinski definition) is 1. The second kappa shape index (κ2) is 4.66. The van der Waals surface area contributed by atoms with E-state index in [1.165, 1.54) is 50.6 Å². The predicted octanol–water partition coefficient (Wildman–Crippen LogP) is 3.93. The monoisotopic (exact) mass is 260 g/mol. The fourth-order valence-corrected chi connectivity index (χ4v) is 4.78. The molecular formula is C15H20N2S. The largest absolute Gasteiger partial charge is 0.353 e. The maximum absolute atomic E-state index is 9.65. The molecule has 3 heteroatoms. The molecular weight excluding hydrogens is 240 g/mol. The third kappa shape index (κ3) is 1.62. The summed E-state index contributed by atoms with van der Waals surface area (Å²) in [5, 5.41) is 14.3. The Hall–Kier alpha value is -0.880. The van der Waals surface area contributed by atoms with Crippen molar-refractivity contribution in [2.24, 2.45) is 11.3 Å². The van der Waals surface area contributed by atoms with Crippen molar-refractivity contribution in [1.82, 2.24) is 5.32 Å². The first kappa shape index (κ1) is 12.2. The van der Waals surface area contributed by atoms with Crippen molar-refractivity contribution in [2.75, 3.05) is 6.26 Å². The average molecular weight is 260 g/mol. The molecule has 1 unspecified atom stereocenters. The minimum atomic E-state index is 0.166. The summed E-state index contributed by atoms with van der Waals surface area (Å²) in [5.41, 5.74) is 2.62. The van der Waals surface area contributed by atoms with Gasteiger partial charge in [0.2, 0.25) is 0 Å². The Morgan fingerprint density at radius 2 is 2.17 bits per heavy atom. The summed E-state index contributed by atoms with van der Waals surface area (Å²) in [6.07, 6.45) is 13.2. The van der Waals surface area contributed by atoms with Gasteiger partial charge in [-0.1, -0.05) is 25.3 Å². The van der Waals surface area contributed by atoms with Crippen LogP contribution in [0.4, 0.5) is 0 Å². The van der Waals surface area contributed by atoms with Crippen LogP contribution in [0.1, 0.15) is 44.9 Å². The maximum atomic E-state index is 9.65. The molecule has 0 saturated heterocycles. The van der Waals surface area contributed by atoms with Crippen LogP contribution in [0.5, 0.6) is 0 Å². The zero-order valence-electron chi connectivity index (χ0n) is 11.0. The number of allylic oxidation sites excluding steroid dienone is 3. The van der Waals surface area contributed by atoms with E-state index in [0.717, 1.165) is 10.6 Å². The fourth-order valence-electron chi connectivity index (χ4n) is 4.11. The normalized spacial score (nSPS) is 29.6. The number of nitrogens with one attached hydrogen (secondary N) is 1. The Kier molecular flexibility index (Phi) is 3.15. The van der Waals surface area contributed by atoms with Crippen LogP contribution in [-0.4, -0.2) is 6.26 Å². The number of hydrogen-bond acceptors (Lipinski definition) is 3. The van der Waals surface area contributed by atoms with E-state index in [0.29, 0.717) is 5.92 Å². The Morgan fingerprint density at radius 3 is 2.83 bits per heavy atom. The highest BCUT2D eigenvalue weighted by atomic mass is 32.2. The second-order valence-electron chi connectivity index (χ2n) is 5.65. The van der Waals surface area contributed by atoms with Crippen molar-refractivity contribution >= 4 is 11.8 Å². The molecule has 0 aromatic heterocycles. The number of nitriles is 1. The van der Waals surface area contributed by atoms with Gasteiger partial charge in [0.25, 0.3) is 0 Å². The molecule has 2 nitrogen and oxygen atoms in total. The van der Waals surface area contributed by atoms with Gasteiger partial charge in [0, 0.05) is 17.0 Å². The van der Waals surface area contributed by atoms with Crippen molar-refractivity contribution in [3.05, 3.63) is 22.4 Å². The lowest BCUT2D eigenvalue weighted by atomic mass is 9.60. The van der Waals surface area contributed by atoms with E-state index in [4.69, 9.17) is 0 Å². The first-order valence-electron chi connectivity index (χ1n) is 6.98.